The number of rotatable bonds is 4. The van der Waals surface area contributed by atoms with E-state index in [9.17, 15) is 10.1 Å². The van der Waals surface area contributed by atoms with Gasteiger partial charge in [0.25, 0.3) is 0 Å². The molecule has 0 radical (unpaired) electrons. The van der Waals surface area contributed by atoms with Crippen LogP contribution < -0.4 is 5.32 Å². The van der Waals surface area contributed by atoms with Crippen LogP contribution in [0.3, 0.4) is 0 Å². The molecule has 0 spiro atoms. The molecule has 0 saturated carbocycles. The summed E-state index contributed by atoms with van der Waals surface area (Å²) in [6.45, 7) is 0.691. The van der Waals surface area contributed by atoms with Gasteiger partial charge in [-0.05, 0) is 12.6 Å². The Kier molecular flexibility index (Phi) is 4.20. The zero-order chi connectivity index (χ0) is 11.3. The lowest BCUT2D eigenvalue weighted by molar-refractivity contribution is -0.385. The topological polar surface area (TPSA) is 68.1 Å². The number of nitrogens with zero attached hydrogens (tertiary/aromatic N) is 2. The normalized spacial score (nSPS) is 10.8. The number of aromatic nitrogens is 1. The Hall–Kier alpha value is -1.46. The fourth-order valence-electron chi connectivity index (χ4n) is 0.984. The molecule has 6 heteroatoms. The predicted molar refractivity (Wildman–Crippen MR) is 58.9 cm³/mol. The van der Waals surface area contributed by atoms with Crippen molar-refractivity contribution in [1.29, 1.82) is 0 Å². The fraction of sp³-hybridized carbons (Fsp3) is 0.222. The van der Waals surface area contributed by atoms with Gasteiger partial charge in [-0.1, -0.05) is 23.8 Å². The highest BCUT2D eigenvalue weighted by atomic mass is 35.5. The molecule has 0 fully saturated rings. The Labute approximate surface area is 91.9 Å². The van der Waals surface area contributed by atoms with Crippen molar-refractivity contribution in [2.75, 3.05) is 13.6 Å². The molecule has 15 heavy (non-hydrogen) atoms. The van der Waals surface area contributed by atoms with E-state index in [4.69, 9.17) is 11.6 Å². The second kappa shape index (κ2) is 5.43. The molecule has 0 aliphatic heterocycles. The van der Waals surface area contributed by atoms with Crippen LogP contribution in [0, 0.1) is 10.1 Å². The molecule has 1 rings (SSSR count). The molecular formula is C9H10ClN3O2. The minimum atomic E-state index is -0.551. The van der Waals surface area contributed by atoms with E-state index in [0.29, 0.717) is 12.1 Å². The van der Waals surface area contributed by atoms with Crippen LogP contribution in [0.15, 0.2) is 18.3 Å². The van der Waals surface area contributed by atoms with Crippen molar-refractivity contribution in [2.45, 2.75) is 0 Å². The van der Waals surface area contributed by atoms with Crippen molar-refractivity contribution in [2.24, 2.45) is 0 Å². The summed E-state index contributed by atoms with van der Waals surface area (Å²) in [5, 5.41) is 13.4. The lowest BCUT2D eigenvalue weighted by atomic mass is 10.2. The molecule has 1 aromatic heterocycles. The highest BCUT2D eigenvalue weighted by Crippen LogP contribution is 2.22. The number of hydrogen-bond acceptors (Lipinski definition) is 4. The number of halogens is 1. The minimum absolute atomic E-state index is 0.0919. The van der Waals surface area contributed by atoms with Gasteiger partial charge in [0.1, 0.15) is 0 Å². The van der Waals surface area contributed by atoms with Crippen molar-refractivity contribution in [3.05, 3.63) is 39.2 Å². The molecule has 0 amide bonds. The van der Waals surface area contributed by atoms with E-state index >= 15 is 0 Å². The van der Waals surface area contributed by atoms with Crippen LogP contribution in [0.5, 0.6) is 0 Å². The summed E-state index contributed by atoms with van der Waals surface area (Å²) in [6, 6.07) is 1.39. The van der Waals surface area contributed by atoms with Gasteiger partial charge in [-0.2, -0.15) is 0 Å². The van der Waals surface area contributed by atoms with Gasteiger partial charge < -0.3 is 5.32 Å². The lowest BCUT2D eigenvalue weighted by Gasteiger charge is -1.96. The number of pyridine rings is 1. The Morgan fingerprint density at radius 1 is 1.73 bits per heavy atom. The van der Waals surface area contributed by atoms with E-state index in [2.05, 4.69) is 10.3 Å². The van der Waals surface area contributed by atoms with Crippen LogP contribution in [-0.4, -0.2) is 23.5 Å². The van der Waals surface area contributed by atoms with Gasteiger partial charge in [-0.3, -0.25) is 10.1 Å². The van der Waals surface area contributed by atoms with Crippen LogP contribution in [-0.2, 0) is 0 Å². The van der Waals surface area contributed by atoms with Crippen molar-refractivity contribution in [3.63, 3.8) is 0 Å². The van der Waals surface area contributed by atoms with E-state index in [1.54, 1.807) is 6.08 Å². The van der Waals surface area contributed by atoms with Gasteiger partial charge in [0, 0.05) is 18.8 Å². The first-order valence-corrected chi connectivity index (χ1v) is 4.64. The van der Waals surface area contributed by atoms with E-state index < -0.39 is 4.92 Å². The summed E-state index contributed by atoms with van der Waals surface area (Å²) >= 11 is 5.56. The average Bonchev–Trinajstić information content (AvgIpc) is 2.20. The van der Waals surface area contributed by atoms with E-state index in [-0.39, 0.29) is 10.8 Å². The van der Waals surface area contributed by atoms with Gasteiger partial charge in [-0.15, -0.1) is 0 Å². The standard InChI is InChI=1S/C9H10ClN3O2/c1-11-4-2-3-7-5-8(13(14)15)9(10)12-6-7/h2-3,5-6,11H,4H2,1H3. The Morgan fingerprint density at radius 2 is 2.47 bits per heavy atom. The molecule has 0 unspecified atom stereocenters. The molecule has 0 saturated heterocycles. The summed E-state index contributed by atoms with van der Waals surface area (Å²) < 4.78 is 0. The third-order valence-corrected chi connectivity index (χ3v) is 1.96. The first-order valence-electron chi connectivity index (χ1n) is 4.26. The second-order valence-corrected chi connectivity index (χ2v) is 3.15. The number of nitro groups is 1. The Balaban J connectivity index is 2.92. The first kappa shape index (κ1) is 11.6. The van der Waals surface area contributed by atoms with E-state index in [1.807, 2.05) is 13.1 Å². The van der Waals surface area contributed by atoms with E-state index in [1.165, 1.54) is 12.3 Å². The molecule has 0 aliphatic carbocycles. The predicted octanol–water partition coefficient (Wildman–Crippen LogP) is 1.88. The zero-order valence-electron chi connectivity index (χ0n) is 8.11. The summed E-state index contributed by atoms with van der Waals surface area (Å²) in [7, 11) is 1.81. The molecule has 0 bridgehead atoms. The van der Waals surface area contributed by atoms with Crippen LogP contribution in [0.2, 0.25) is 5.15 Å². The van der Waals surface area contributed by atoms with Crippen molar-refractivity contribution in [3.8, 4) is 0 Å². The highest BCUT2D eigenvalue weighted by Gasteiger charge is 2.12. The SMILES string of the molecule is CNCC=Cc1cnc(Cl)c([N+](=O)[O-])c1. The van der Waals surface area contributed by atoms with Crippen LogP contribution in [0.4, 0.5) is 5.69 Å². The van der Waals surface area contributed by atoms with Crippen molar-refractivity contribution in [1.82, 2.24) is 10.3 Å². The van der Waals surface area contributed by atoms with Gasteiger partial charge in [-0.25, -0.2) is 4.98 Å². The smallest absolute Gasteiger partial charge is 0.307 e. The fourth-order valence-corrected chi connectivity index (χ4v) is 1.16. The Bertz CT molecular complexity index is 393. The largest absolute Gasteiger partial charge is 0.316 e. The monoisotopic (exact) mass is 227 g/mol. The Morgan fingerprint density at radius 3 is 3.07 bits per heavy atom. The quantitative estimate of drug-likeness (QED) is 0.484. The summed E-state index contributed by atoms with van der Waals surface area (Å²) in [4.78, 5) is 13.7. The molecule has 5 nitrogen and oxygen atoms in total. The molecule has 0 aliphatic rings. The molecule has 1 N–H and O–H groups in total. The van der Waals surface area contributed by atoms with Crippen LogP contribution in [0.25, 0.3) is 6.08 Å². The van der Waals surface area contributed by atoms with Gasteiger partial charge >= 0.3 is 5.69 Å². The molecule has 80 valence electrons. The zero-order valence-corrected chi connectivity index (χ0v) is 8.86. The molecule has 0 atom stereocenters. The molecule has 1 heterocycles. The second-order valence-electron chi connectivity index (χ2n) is 2.80. The van der Waals surface area contributed by atoms with Crippen LogP contribution in [0.1, 0.15) is 5.56 Å². The first-order chi connectivity index (χ1) is 7.15. The highest BCUT2D eigenvalue weighted by molar-refractivity contribution is 6.31. The summed E-state index contributed by atoms with van der Waals surface area (Å²) in [5.74, 6) is 0. The van der Waals surface area contributed by atoms with Gasteiger partial charge in [0.05, 0.1) is 4.92 Å². The minimum Gasteiger partial charge on any atom is -0.316 e. The third kappa shape index (κ3) is 3.30. The van der Waals surface area contributed by atoms with Crippen molar-refractivity contribution >= 4 is 23.4 Å². The number of likely N-dealkylation sites (N-methyl/N-ethyl adjacent to an activating group) is 1. The average molecular weight is 228 g/mol. The lowest BCUT2D eigenvalue weighted by Crippen LogP contribution is -2.03. The molecule has 0 aromatic carbocycles. The maximum absolute atomic E-state index is 10.5. The van der Waals surface area contributed by atoms with Gasteiger partial charge in [0.2, 0.25) is 5.15 Å². The maximum Gasteiger partial charge on any atom is 0.307 e. The van der Waals surface area contributed by atoms with Crippen LogP contribution >= 0.6 is 11.6 Å². The summed E-state index contributed by atoms with van der Waals surface area (Å²) in [6.07, 6.45) is 5.07. The number of nitrogens with one attached hydrogen (secondary N) is 1. The summed E-state index contributed by atoms with van der Waals surface area (Å²) in [5.41, 5.74) is 0.477. The maximum atomic E-state index is 10.5. The molecule has 1 aromatic rings. The number of hydrogen-bond donors (Lipinski definition) is 1. The van der Waals surface area contributed by atoms with E-state index in [0.717, 1.165) is 0 Å². The molecular weight excluding hydrogens is 218 g/mol. The third-order valence-electron chi connectivity index (χ3n) is 1.67. The van der Waals surface area contributed by atoms with Crippen molar-refractivity contribution < 1.29 is 4.92 Å². The van der Waals surface area contributed by atoms with Gasteiger partial charge in [0.15, 0.2) is 0 Å².